The fraction of sp³-hybridized carbons (Fsp3) is 0.182. The van der Waals surface area contributed by atoms with Crippen LogP contribution < -0.4 is 4.90 Å². The summed E-state index contributed by atoms with van der Waals surface area (Å²) in [7, 11) is 0. The van der Waals surface area contributed by atoms with Gasteiger partial charge in [-0.15, -0.1) is 0 Å². The zero-order valence-electron chi connectivity index (χ0n) is 9.19. The molecule has 0 saturated carbocycles. The molecule has 0 unspecified atom stereocenters. The Morgan fingerprint density at radius 1 is 1.26 bits per heavy atom. The van der Waals surface area contributed by atoms with Crippen molar-refractivity contribution in [2.75, 3.05) is 11.4 Å². The molecular weight excluding hydrogens is 267 g/mol. The number of rotatable bonds is 2. The zero-order valence-corrected chi connectivity index (χ0v) is 9.19. The molecule has 0 aromatic heterocycles. The number of fused-ring (bicyclic) bond motifs is 1. The van der Waals surface area contributed by atoms with Gasteiger partial charge in [0.2, 0.25) is 0 Å². The topological polar surface area (TPSA) is 74.7 Å². The third-order valence-corrected chi connectivity index (χ3v) is 2.59. The molecule has 0 radical (unpaired) electrons. The summed E-state index contributed by atoms with van der Waals surface area (Å²) in [4.78, 5) is 34.2. The van der Waals surface area contributed by atoms with Gasteiger partial charge >= 0.3 is 12.1 Å². The average Bonchev–Trinajstić information content (AvgIpc) is 2.53. The Kier molecular flexibility index (Phi) is 2.80. The summed E-state index contributed by atoms with van der Waals surface area (Å²) in [5.41, 5.74) is -1.61. The predicted molar refractivity (Wildman–Crippen MR) is 55.8 cm³/mol. The van der Waals surface area contributed by atoms with Gasteiger partial charge in [0.25, 0.3) is 11.7 Å². The van der Waals surface area contributed by atoms with Gasteiger partial charge < -0.3 is 5.11 Å². The fourth-order valence-electron chi connectivity index (χ4n) is 1.77. The van der Waals surface area contributed by atoms with Crippen LogP contribution in [0.4, 0.5) is 18.9 Å². The maximum Gasteiger partial charge on any atom is 0.416 e. The molecule has 2 rings (SSSR count). The van der Waals surface area contributed by atoms with E-state index in [1.165, 1.54) is 0 Å². The van der Waals surface area contributed by atoms with E-state index >= 15 is 0 Å². The Bertz CT molecular complexity index is 594. The van der Waals surface area contributed by atoms with Crippen molar-refractivity contribution in [3.8, 4) is 0 Å². The Morgan fingerprint density at radius 2 is 1.89 bits per heavy atom. The van der Waals surface area contributed by atoms with Crippen LogP contribution in [-0.2, 0) is 15.8 Å². The van der Waals surface area contributed by atoms with Crippen molar-refractivity contribution in [1.82, 2.24) is 0 Å². The van der Waals surface area contributed by atoms with E-state index in [0.29, 0.717) is 17.0 Å². The van der Waals surface area contributed by atoms with Crippen LogP contribution in [-0.4, -0.2) is 29.3 Å². The third kappa shape index (κ3) is 2.16. The summed E-state index contributed by atoms with van der Waals surface area (Å²) >= 11 is 0. The molecule has 1 aromatic carbocycles. The first-order chi connectivity index (χ1) is 8.71. The van der Waals surface area contributed by atoms with Gasteiger partial charge in [0.1, 0.15) is 6.54 Å². The minimum absolute atomic E-state index is 0.120. The van der Waals surface area contributed by atoms with Gasteiger partial charge in [-0.3, -0.25) is 19.3 Å². The molecule has 0 fully saturated rings. The molecule has 0 atom stereocenters. The molecule has 1 amide bonds. The van der Waals surface area contributed by atoms with Crippen molar-refractivity contribution in [2.45, 2.75) is 6.18 Å². The van der Waals surface area contributed by atoms with Crippen molar-refractivity contribution < 1.29 is 32.7 Å². The van der Waals surface area contributed by atoms with Gasteiger partial charge in [0, 0.05) is 0 Å². The number of halogens is 3. The fourth-order valence-corrected chi connectivity index (χ4v) is 1.77. The van der Waals surface area contributed by atoms with Crippen molar-refractivity contribution >= 4 is 23.3 Å². The van der Waals surface area contributed by atoms with Crippen molar-refractivity contribution in [1.29, 1.82) is 0 Å². The van der Waals surface area contributed by atoms with Crippen molar-refractivity contribution in [3.63, 3.8) is 0 Å². The lowest BCUT2D eigenvalue weighted by Gasteiger charge is -2.14. The molecule has 0 aliphatic carbocycles. The van der Waals surface area contributed by atoms with Crippen LogP contribution in [0.25, 0.3) is 0 Å². The molecular formula is C11H6F3NO4. The molecule has 1 aromatic rings. The second kappa shape index (κ2) is 4.08. The Labute approximate surface area is 104 Å². The highest BCUT2D eigenvalue weighted by Crippen LogP contribution is 2.35. The highest BCUT2D eigenvalue weighted by atomic mass is 19.4. The molecule has 1 heterocycles. The Balaban J connectivity index is 2.50. The number of carboxylic acid groups (broad SMARTS) is 1. The quantitative estimate of drug-likeness (QED) is 0.824. The largest absolute Gasteiger partial charge is 0.480 e. The number of carboxylic acids is 1. The first-order valence-electron chi connectivity index (χ1n) is 5.01. The van der Waals surface area contributed by atoms with Crippen LogP contribution in [0.15, 0.2) is 18.2 Å². The first kappa shape index (κ1) is 13.1. The van der Waals surface area contributed by atoms with Crippen LogP contribution >= 0.6 is 0 Å². The lowest BCUT2D eigenvalue weighted by Crippen LogP contribution is -2.34. The van der Waals surface area contributed by atoms with E-state index in [9.17, 15) is 27.6 Å². The van der Waals surface area contributed by atoms with Crippen molar-refractivity contribution in [2.24, 2.45) is 0 Å². The summed E-state index contributed by atoms with van der Waals surface area (Å²) in [5, 5.41) is 8.60. The standard InChI is InChI=1S/C11H6F3NO4/c12-11(13,14)5-1-2-7-6(3-5)9(18)10(19)15(7)4-8(16)17/h1-3H,4H2,(H,16,17). The molecule has 0 spiro atoms. The average molecular weight is 273 g/mol. The van der Waals surface area contributed by atoms with Crippen LogP contribution in [0.5, 0.6) is 0 Å². The number of Topliss-reactive ketones (excluding diaryl/α,β-unsaturated/α-hetero) is 1. The number of hydrogen-bond acceptors (Lipinski definition) is 3. The third-order valence-electron chi connectivity index (χ3n) is 2.59. The van der Waals surface area contributed by atoms with E-state index in [-0.39, 0.29) is 5.69 Å². The number of aliphatic carboxylic acids is 1. The Hall–Kier alpha value is -2.38. The molecule has 5 nitrogen and oxygen atoms in total. The van der Waals surface area contributed by atoms with Crippen LogP contribution in [0.2, 0.25) is 0 Å². The lowest BCUT2D eigenvalue weighted by molar-refractivity contribution is -0.138. The summed E-state index contributed by atoms with van der Waals surface area (Å²) in [6, 6.07) is 2.17. The molecule has 8 heteroatoms. The summed E-state index contributed by atoms with van der Waals surface area (Å²) < 4.78 is 37.5. The summed E-state index contributed by atoms with van der Waals surface area (Å²) in [6.07, 6.45) is -4.64. The molecule has 1 N–H and O–H groups in total. The SMILES string of the molecule is O=C(O)CN1C(=O)C(=O)c2cc(C(F)(F)F)ccc21. The predicted octanol–water partition coefficient (Wildman–Crippen LogP) is 1.32. The number of alkyl halides is 3. The van der Waals surface area contributed by atoms with Crippen molar-refractivity contribution in [3.05, 3.63) is 29.3 Å². The molecule has 0 saturated heterocycles. The number of ketones is 1. The van der Waals surface area contributed by atoms with Crippen LogP contribution in [0.3, 0.4) is 0 Å². The monoisotopic (exact) mass is 273 g/mol. The normalized spacial score (nSPS) is 14.8. The number of anilines is 1. The second-order valence-corrected chi connectivity index (χ2v) is 3.84. The van der Waals surface area contributed by atoms with E-state index in [1.807, 2.05) is 0 Å². The molecule has 100 valence electrons. The van der Waals surface area contributed by atoms with E-state index in [1.54, 1.807) is 0 Å². The van der Waals surface area contributed by atoms with E-state index in [2.05, 4.69) is 0 Å². The maximum atomic E-state index is 12.5. The molecule has 0 bridgehead atoms. The lowest BCUT2D eigenvalue weighted by atomic mass is 10.1. The number of carbonyl (C=O) groups is 3. The minimum Gasteiger partial charge on any atom is -0.480 e. The first-order valence-corrected chi connectivity index (χ1v) is 5.01. The zero-order chi connectivity index (χ0) is 14.4. The van der Waals surface area contributed by atoms with E-state index in [0.717, 1.165) is 6.07 Å². The number of nitrogens with zero attached hydrogens (tertiary/aromatic N) is 1. The highest BCUT2D eigenvalue weighted by molar-refractivity contribution is 6.52. The summed E-state index contributed by atoms with van der Waals surface area (Å²) in [5.74, 6) is -3.65. The molecule has 19 heavy (non-hydrogen) atoms. The number of hydrogen-bond donors (Lipinski definition) is 1. The minimum atomic E-state index is -4.64. The Morgan fingerprint density at radius 3 is 2.42 bits per heavy atom. The highest BCUT2D eigenvalue weighted by Gasteiger charge is 2.39. The van der Waals surface area contributed by atoms with Crippen LogP contribution in [0.1, 0.15) is 15.9 Å². The van der Waals surface area contributed by atoms with E-state index in [4.69, 9.17) is 5.11 Å². The number of carbonyl (C=O) groups excluding carboxylic acids is 2. The summed E-state index contributed by atoms with van der Waals surface area (Å²) in [6.45, 7) is -0.775. The van der Waals surface area contributed by atoms with Gasteiger partial charge in [-0.05, 0) is 18.2 Å². The second-order valence-electron chi connectivity index (χ2n) is 3.84. The number of amides is 1. The number of benzene rings is 1. The van der Waals surface area contributed by atoms with Gasteiger partial charge in [-0.2, -0.15) is 13.2 Å². The molecule has 1 aliphatic rings. The van der Waals surface area contributed by atoms with E-state index < -0.39 is 41.5 Å². The maximum absolute atomic E-state index is 12.5. The molecule has 1 aliphatic heterocycles. The van der Waals surface area contributed by atoms with Gasteiger partial charge in [-0.1, -0.05) is 0 Å². The van der Waals surface area contributed by atoms with Gasteiger partial charge in [-0.25, -0.2) is 0 Å². The van der Waals surface area contributed by atoms with Gasteiger partial charge in [0.15, 0.2) is 0 Å². The smallest absolute Gasteiger partial charge is 0.416 e. The van der Waals surface area contributed by atoms with Gasteiger partial charge in [0.05, 0.1) is 16.8 Å². The van der Waals surface area contributed by atoms with Crippen LogP contribution in [0, 0.1) is 0 Å².